The Kier molecular flexibility index (Phi) is 7.56. The normalized spacial score (nSPS) is 28.1. The molecule has 2 saturated heterocycles. The molecular formula is C25H28F5N5O4. The molecule has 4 rings (SSSR count). The van der Waals surface area contributed by atoms with Crippen LogP contribution in [-0.2, 0) is 14.3 Å². The molecule has 5 atom stereocenters. The van der Waals surface area contributed by atoms with E-state index in [1.54, 1.807) is 7.05 Å². The monoisotopic (exact) mass is 557 g/mol. The Bertz CT molecular complexity index is 1280. The van der Waals surface area contributed by atoms with E-state index in [1.165, 1.54) is 24.1 Å². The van der Waals surface area contributed by atoms with Gasteiger partial charge in [0.25, 0.3) is 5.91 Å². The number of rotatable bonds is 5. The minimum absolute atomic E-state index is 0.0526. The predicted molar refractivity (Wildman–Crippen MR) is 129 cm³/mol. The first-order valence-electron chi connectivity index (χ1n) is 12.1. The SMILES string of the molecule is COc1c([C@H]2[C@H](C(=O)Nc3cnnc(N4C(=O)CN(C)C[C@H]4C)c3)O[C@@](C)(C(F)(F)F)[C@H]2C)ccc(F)c1F. The standard InChI is InChI=1S/C25H28F5N5O4/c1-12-10-34(4)11-18(36)35(12)17-8-14(9-31-33-17)32-23(37)22-19(13(2)24(3,39-22)25(28,29)30)15-6-7-16(26)20(27)21(15)38-5/h6-9,12-13,19,22H,10-11H2,1-5H3,(H,32,33,37)/t12-,13+,19+,22-,24-/m1/s1. The van der Waals surface area contributed by atoms with Gasteiger partial charge in [-0.2, -0.15) is 22.7 Å². The first-order chi connectivity index (χ1) is 18.2. The fourth-order valence-electron chi connectivity index (χ4n) is 5.30. The third-order valence-corrected chi connectivity index (χ3v) is 7.42. The number of alkyl halides is 3. The van der Waals surface area contributed by atoms with Gasteiger partial charge in [0.2, 0.25) is 11.7 Å². The molecule has 2 aliphatic rings. The highest BCUT2D eigenvalue weighted by Crippen LogP contribution is 2.55. The lowest BCUT2D eigenvalue weighted by molar-refractivity contribution is -0.272. The lowest BCUT2D eigenvalue weighted by atomic mass is 9.77. The Balaban J connectivity index is 1.69. The van der Waals surface area contributed by atoms with Gasteiger partial charge in [-0.05, 0) is 27.0 Å². The summed E-state index contributed by atoms with van der Waals surface area (Å²) in [6.45, 7) is 4.54. The maximum Gasteiger partial charge on any atom is 0.417 e. The summed E-state index contributed by atoms with van der Waals surface area (Å²) in [5, 5.41) is 10.3. The van der Waals surface area contributed by atoms with Crippen molar-refractivity contribution in [2.75, 3.05) is 37.5 Å². The largest absolute Gasteiger partial charge is 0.493 e. The number of anilines is 2. The van der Waals surface area contributed by atoms with Gasteiger partial charge in [0.1, 0.15) is 6.10 Å². The summed E-state index contributed by atoms with van der Waals surface area (Å²) in [6.07, 6.45) is -5.50. The molecule has 212 valence electrons. The summed E-state index contributed by atoms with van der Waals surface area (Å²) in [5.41, 5.74) is -2.89. The number of hydrogen-bond donors (Lipinski definition) is 1. The molecule has 0 bridgehead atoms. The van der Waals surface area contributed by atoms with E-state index < -0.39 is 53.0 Å². The zero-order chi connectivity index (χ0) is 28.9. The molecule has 2 amide bonds. The van der Waals surface area contributed by atoms with Crippen molar-refractivity contribution in [3.63, 3.8) is 0 Å². The minimum Gasteiger partial charge on any atom is -0.493 e. The molecule has 2 aromatic rings. The van der Waals surface area contributed by atoms with Crippen LogP contribution in [0.2, 0.25) is 0 Å². The van der Waals surface area contributed by atoms with Gasteiger partial charge >= 0.3 is 6.18 Å². The van der Waals surface area contributed by atoms with Crippen LogP contribution in [0, 0.1) is 17.6 Å². The molecule has 0 unspecified atom stereocenters. The third-order valence-electron chi connectivity index (χ3n) is 7.42. The number of aromatic nitrogens is 2. The number of amides is 2. The van der Waals surface area contributed by atoms with Gasteiger partial charge in [0.05, 0.1) is 25.5 Å². The minimum atomic E-state index is -4.89. The van der Waals surface area contributed by atoms with Gasteiger partial charge in [0, 0.05) is 36.1 Å². The molecule has 39 heavy (non-hydrogen) atoms. The molecule has 0 spiro atoms. The Morgan fingerprint density at radius 2 is 1.95 bits per heavy atom. The van der Waals surface area contributed by atoms with E-state index in [9.17, 15) is 31.5 Å². The summed E-state index contributed by atoms with van der Waals surface area (Å²) in [6, 6.07) is 2.95. The maximum absolute atomic E-state index is 14.5. The van der Waals surface area contributed by atoms with Crippen LogP contribution < -0.4 is 15.0 Å². The number of methoxy groups -OCH3 is 1. The highest BCUT2D eigenvalue weighted by atomic mass is 19.4. The van der Waals surface area contributed by atoms with Crippen LogP contribution in [0.3, 0.4) is 0 Å². The molecule has 1 aromatic carbocycles. The summed E-state index contributed by atoms with van der Waals surface area (Å²) in [4.78, 5) is 29.3. The van der Waals surface area contributed by atoms with Crippen LogP contribution in [0.15, 0.2) is 24.4 Å². The number of halogens is 5. The topological polar surface area (TPSA) is 96.9 Å². The van der Waals surface area contributed by atoms with Crippen LogP contribution in [0.1, 0.15) is 32.3 Å². The fraction of sp³-hybridized carbons (Fsp3) is 0.520. The second kappa shape index (κ2) is 10.3. The number of carbonyl (C=O) groups is 2. The number of likely N-dealkylation sites (N-methyl/N-ethyl adjacent to an activating group) is 1. The summed E-state index contributed by atoms with van der Waals surface area (Å²) >= 11 is 0. The van der Waals surface area contributed by atoms with E-state index in [0.717, 1.165) is 26.2 Å². The molecule has 1 aromatic heterocycles. The smallest absolute Gasteiger partial charge is 0.417 e. The van der Waals surface area contributed by atoms with Crippen molar-refractivity contribution in [3.05, 3.63) is 41.6 Å². The van der Waals surface area contributed by atoms with Crippen LogP contribution in [0.4, 0.5) is 33.5 Å². The van der Waals surface area contributed by atoms with Crippen molar-refractivity contribution >= 4 is 23.3 Å². The van der Waals surface area contributed by atoms with Crippen molar-refractivity contribution in [2.24, 2.45) is 5.92 Å². The Hall–Kier alpha value is -3.39. The van der Waals surface area contributed by atoms with Crippen LogP contribution in [0.25, 0.3) is 0 Å². The zero-order valence-corrected chi connectivity index (χ0v) is 21.8. The number of ether oxygens (including phenoxy) is 2. The van der Waals surface area contributed by atoms with Gasteiger partial charge in [-0.15, -0.1) is 5.10 Å². The van der Waals surface area contributed by atoms with E-state index in [2.05, 4.69) is 15.5 Å². The zero-order valence-electron chi connectivity index (χ0n) is 21.8. The second-order valence-electron chi connectivity index (χ2n) is 10.0. The van der Waals surface area contributed by atoms with Crippen molar-refractivity contribution in [1.82, 2.24) is 15.1 Å². The lowest BCUT2D eigenvalue weighted by Gasteiger charge is -2.36. The molecule has 3 heterocycles. The maximum atomic E-state index is 14.5. The Morgan fingerprint density at radius 3 is 2.56 bits per heavy atom. The van der Waals surface area contributed by atoms with Crippen LogP contribution >= 0.6 is 0 Å². The van der Waals surface area contributed by atoms with Crippen molar-refractivity contribution in [1.29, 1.82) is 0 Å². The van der Waals surface area contributed by atoms with Crippen LogP contribution in [0.5, 0.6) is 5.75 Å². The van der Waals surface area contributed by atoms with Gasteiger partial charge < -0.3 is 14.8 Å². The summed E-state index contributed by atoms with van der Waals surface area (Å²) in [5.74, 6) is -7.11. The molecule has 1 N–H and O–H groups in total. The summed E-state index contributed by atoms with van der Waals surface area (Å²) in [7, 11) is 2.84. The van der Waals surface area contributed by atoms with E-state index in [4.69, 9.17) is 9.47 Å². The van der Waals surface area contributed by atoms with Gasteiger partial charge in [-0.1, -0.05) is 13.0 Å². The molecule has 14 heteroatoms. The lowest BCUT2D eigenvalue weighted by Crippen LogP contribution is -2.54. The quantitative estimate of drug-likeness (QED) is 0.562. The highest BCUT2D eigenvalue weighted by Gasteiger charge is 2.66. The summed E-state index contributed by atoms with van der Waals surface area (Å²) < 4.78 is 81.3. The number of carbonyl (C=O) groups excluding carboxylic acids is 2. The number of hydrogen-bond acceptors (Lipinski definition) is 7. The third kappa shape index (κ3) is 5.02. The molecular weight excluding hydrogens is 529 g/mol. The number of piperazine rings is 1. The van der Waals surface area contributed by atoms with E-state index in [0.29, 0.717) is 6.54 Å². The molecule has 9 nitrogen and oxygen atoms in total. The predicted octanol–water partition coefficient (Wildman–Crippen LogP) is 3.51. The Labute approximate surface area is 221 Å². The number of nitrogens with one attached hydrogen (secondary N) is 1. The van der Waals surface area contributed by atoms with Gasteiger partial charge in [-0.3, -0.25) is 19.4 Å². The van der Waals surface area contributed by atoms with Crippen molar-refractivity contribution < 1.29 is 41.0 Å². The number of benzene rings is 1. The number of nitrogens with zero attached hydrogens (tertiary/aromatic N) is 4. The van der Waals surface area contributed by atoms with Gasteiger partial charge in [0.15, 0.2) is 23.0 Å². The van der Waals surface area contributed by atoms with Crippen molar-refractivity contribution in [2.45, 2.75) is 50.6 Å². The Morgan fingerprint density at radius 1 is 1.26 bits per heavy atom. The molecule has 2 aliphatic heterocycles. The molecule has 0 aliphatic carbocycles. The first kappa shape index (κ1) is 28.6. The van der Waals surface area contributed by atoms with Gasteiger partial charge in [-0.25, -0.2) is 4.39 Å². The van der Waals surface area contributed by atoms with E-state index in [-0.39, 0.29) is 35.6 Å². The average Bonchev–Trinajstić information content (AvgIpc) is 3.12. The average molecular weight is 558 g/mol. The molecule has 0 radical (unpaired) electrons. The van der Waals surface area contributed by atoms with Crippen LogP contribution in [-0.4, -0.2) is 78.1 Å². The fourth-order valence-corrected chi connectivity index (χ4v) is 5.30. The van der Waals surface area contributed by atoms with Crippen molar-refractivity contribution in [3.8, 4) is 5.75 Å². The first-order valence-corrected chi connectivity index (χ1v) is 12.1. The van der Waals surface area contributed by atoms with E-state index >= 15 is 0 Å². The molecule has 2 fully saturated rings. The molecule has 0 saturated carbocycles. The second-order valence-corrected chi connectivity index (χ2v) is 10.0. The highest BCUT2D eigenvalue weighted by molar-refractivity contribution is 5.98. The van der Waals surface area contributed by atoms with E-state index in [1.807, 2.05) is 11.8 Å².